The van der Waals surface area contributed by atoms with E-state index in [4.69, 9.17) is 21.1 Å². The summed E-state index contributed by atoms with van der Waals surface area (Å²) in [6.45, 7) is 7.08. The fourth-order valence-corrected chi connectivity index (χ4v) is 4.65. The van der Waals surface area contributed by atoms with Gasteiger partial charge in [-0.2, -0.15) is 0 Å². The molecule has 4 atom stereocenters. The number of allylic oxidation sites excluding steroid dienone is 3. The SMILES string of the molecule is CC[C@@H](C)OC(=O)C1=C(C)NC2=C(C(=O)[C@H](C(=O)OC)[C@@H](C)C2)[C@@H]1c1ccc(Cl)c([N+](=O)[O-])c1. The van der Waals surface area contributed by atoms with Crippen molar-refractivity contribution in [2.45, 2.75) is 52.6 Å². The zero-order valence-electron chi connectivity index (χ0n) is 19.6. The molecular formula is C24H27ClN2O7. The summed E-state index contributed by atoms with van der Waals surface area (Å²) in [7, 11) is 1.21. The van der Waals surface area contributed by atoms with Gasteiger partial charge in [-0.25, -0.2) is 4.79 Å². The molecule has 0 spiro atoms. The first-order valence-electron chi connectivity index (χ1n) is 11.0. The minimum atomic E-state index is -1.06. The van der Waals surface area contributed by atoms with Crippen LogP contribution in [-0.2, 0) is 23.9 Å². The van der Waals surface area contributed by atoms with E-state index in [1.54, 1.807) is 20.8 Å². The van der Waals surface area contributed by atoms with Crippen molar-refractivity contribution >= 4 is 35.0 Å². The van der Waals surface area contributed by atoms with Gasteiger partial charge in [0.2, 0.25) is 0 Å². The summed E-state index contributed by atoms with van der Waals surface area (Å²) in [5.74, 6) is -4.17. The lowest BCUT2D eigenvalue weighted by Gasteiger charge is -2.38. The molecule has 182 valence electrons. The Morgan fingerprint density at radius 1 is 1.35 bits per heavy atom. The van der Waals surface area contributed by atoms with Gasteiger partial charge < -0.3 is 14.8 Å². The molecule has 1 aliphatic heterocycles. The van der Waals surface area contributed by atoms with Crippen molar-refractivity contribution < 1.29 is 28.8 Å². The van der Waals surface area contributed by atoms with Gasteiger partial charge in [0.15, 0.2) is 5.78 Å². The Labute approximate surface area is 202 Å². The second-order valence-electron chi connectivity index (χ2n) is 8.63. The lowest BCUT2D eigenvalue weighted by molar-refractivity contribution is -0.384. The third-order valence-corrected chi connectivity index (χ3v) is 6.67. The van der Waals surface area contributed by atoms with Gasteiger partial charge in [0, 0.05) is 29.0 Å². The van der Waals surface area contributed by atoms with Gasteiger partial charge >= 0.3 is 11.9 Å². The molecule has 1 N–H and O–H groups in total. The quantitative estimate of drug-likeness (QED) is 0.272. The van der Waals surface area contributed by atoms with Crippen LogP contribution < -0.4 is 5.32 Å². The Bertz CT molecular complexity index is 1120. The molecule has 0 bridgehead atoms. The lowest BCUT2D eigenvalue weighted by atomic mass is 9.69. The molecule has 0 unspecified atom stereocenters. The zero-order chi connectivity index (χ0) is 25.3. The number of benzene rings is 1. The minimum Gasteiger partial charge on any atom is -0.468 e. The molecule has 0 amide bonds. The standard InChI is InChI=1S/C24H27ClN2O7/c1-6-12(3)34-24(30)19-13(4)26-16-9-11(2)18(23(29)33-5)22(28)21(16)20(19)14-7-8-15(25)17(10-14)27(31)32/h7-8,10-12,18,20,26H,6,9H2,1-5H3/t11-,12+,18+,20+/m0/s1. The van der Waals surface area contributed by atoms with Crippen LogP contribution in [-0.4, -0.2) is 35.9 Å². The number of esters is 2. The largest absolute Gasteiger partial charge is 0.468 e. The number of carbonyl (C=O) groups excluding carboxylic acids is 3. The average Bonchev–Trinajstić information content (AvgIpc) is 2.77. The van der Waals surface area contributed by atoms with Crippen molar-refractivity contribution in [2.24, 2.45) is 11.8 Å². The van der Waals surface area contributed by atoms with E-state index in [1.165, 1.54) is 25.3 Å². The van der Waals surface area contributed by atoms with Crippen LogP contribution in [0.5, 0.6) is 0 Å². The Morgan fingerprint density at radius 3 is 2.62 bits per heavy atom. The van der Waals surface area contributed by atoms with Crippen molar-refractivity contribution in [1.82, 2.24) is 5.32 Å². The molecule has 9 nitrogen and oxygen atoms in total. The highest BCUT2D eigenvalue weighted by molar-refractivity contribution is 6.32. The summed E-state index contributed by atoms with van der Waals surface area (Å²) < 4.78 is 10.4. The highest BCUT2D eigenvalue weighted by Crippen LogP contribution is 2.46. The number of ether oxygens (including phenoxy) is 2. The molecule has 0 saturated heterocycles. The van der Waals surface area contributed by atoms with Crippen molar-refractivity contribution in [2.75, 3.05) is 7.11 Å². The van der Waals surface area contributed by atoms with E-state index in [1.807, 2.05) is 6.92 Å². The molecule has 34 heavy (non-hydrogen) atoms. The number of nitro benzene ring substituents is 1. The van der Waals surface area contributed by atoms with E-state index < -0.39 is 34.5 Å². The molecule has 3 rings (SSSR count). The van der Waals surface area contributed by atoms with E-state index in [9.17, 15) is 24.5 Å². The van der Waals surface area contributed by atoms with Crippen LogP contribution in [0, 0.1) is 22.0 Å². The first-order chi connectivity index (χ1) is 16.0. The van der Waals surface area contributed by atoms with Crippen molar-refractivity contribution in [3.8, 4) is 0 Å². The summed E-state index contributed by atoms with van der Waals surface area (Å²) in [4.78, 5) is 50.3. The van der Waals surface area contributed by atoms with Crippen LogP contribution in [0.4, 0.5) is 5.69 Å². The number of carbonyl (C=O) groups is 3. The molecule has 0 saturated carbocycles. The molecular weight excluding hydrogens is 464 g/mol. The topological polar surface area (TPSA) is 125 Å². The molecule has 0 fully saturated rings. The number of dihydropyridines is 1. The van der Waals surface area contributed by atoms with Crippen molar-refractivity contribution in [3.63, 3.8) is 0 Å². The third kappa shape index (κ3) is 4.57. The fourth-order valence-electron chi connectivity index (χ4n) is 4.46. The molecule has 1 heterocycles. The number of nitro groups is 1. The third-order valence-electron chi connectivity index (χ3n) is 6.35. The fraction of sp³-hybridized carbons (Fsp3) is 0.458. The first kappa shape index (κ1) is 25.4. The maximum Gasteiger partial charge on any atom is 0.337 e. The molecule has 1 aliphatic carbocycles. The number of methoxy groups -OCH3 is 1. The maximum absolute atomic E-state index is 13.7. The van der Waals surface area contributed by atoms with Crippen LogP contribution in [0.25, 0.3) is 0 Å². The maximum atomic E-state index is 13.7. The molecule has 1 aromatic rings. The van der Waals surface area contributed by atoms with Crippen LogP contribution in [0.2, 0.25) is 5.02 Å². The van der Waals surface area contributed by atoms with Gasteiger partial charge in [-0.05, 0) is 44.2 Å². The highest BCUT2D eigenvalue weighted by atomic mass is 35.5. The number of halogens is 1. The first-order valence-corrected chi connectivity index (χ1v) is 11.4. The summed E-state index contributed by atoms with van der Waals surface area (Å²) in [6.07, 6.45) is 0.559. The molecule has 0 aromatic heterocycles. The van der Waals surface area contributed by atoms with E-state index in [2.05, 4.69) is 5.32 Å². The van der Waals surface area contributed by atoms with Crippen LogP contribution in [0.3, 0.4) is 0 Å². The van der Waals surface area contributed by atoms with Crippen LogP contribution in [0.15, 0.2) is 40.7 Å². The van der Waals surface area contributed by atoms with Crippen molar-refractivity contribution in [3.05, 3.63) is 61.4 Å². The summed E-state index contributed by atoms with van der Waals surface area (Å²) in [5, 5.41) is 14.6. The van der Waals surface area contributed by atoms with Crippen molar-refractivity contribution in [1.29, 1.82) is 0 Å². The molecule has 10 heteroatoms. The second-order valence-corrected chi connectivity index (χ2v) is 9.03. The van der Waals surface area contributed by atoms with Gasteiger partial charge in [0.05, 0.1) is 23.7 Å². The molecule has 0 radical (unpaired) electrons. The number of nitrogens with one attached hydrogen (secondary N) is 1. The molecule has 1 aromatic carbocycles. The van der Waals surface area contributed by atoms with Gasteiger partial charge in [0.1, 0.15) is 10.9 Å². The Hall–Kier alpha value is -3.20. The van der Waals surface area contributed by atoms with E-state index >= 15 is 0 Å². The number of rotatable bonds is 6. The summed E-state index contributed by atoms with van der Waals surface area (Å²) >= 11 is 6.02. The normalized spacial score (nSPS) is 23.1. The predicted octanol–water partition coefficient (Wildman–Crippen LogP) is 4.20. The molecule has 2 aliphatic rings. The van der Waals surface area contributed by atoms with Gasteiger partial charge in [-0.3, -0.25) is 19.7 Å². The number of hydrogen-bond acceptors (Lipinski definition) is 8. The highest BCUT2D eigenvalue weighted by Gasteiger charge is 2.47. The Balaban J connectivity index is 2.23. The Morgan fingerprint density at radius 2 is 2.03 bits per heavy atom. The van der Waals surface area contributed by atoms with E-state index in [0.717, 1.165) is 0 Å². The summed E-state index contributed by atoms with van der Waals surface area (Å²) in [6, 6.07) is 4.15. The van der Waals surface area contributed by atoms with E-state index in [-0.39, 0.29) is 33.9 Å². The van der Waals surface area contributed by atoms with Crippen LogP contribution >= 0.6 is 11.6 Å². The minimum absolute atomic E-state index is 0.0719. The van der Waals surface area contributed by atoms with E-state index in [0.29, 0.717) is 29.8 Å². The number of Topliss-reactive ketones (excluding diaryl/α,β-unsaturated/α-hetero) is 1. The van der Waals surface area contributed by atoms with Gasteiger partial charge in [-0.15, -0.1) is 0 Å². The Kier molecular flexibility index (Phi) is 7.45. The van der Waals surface area contributed by atoms with Crippen LogP contribution in [0.1, 0.15) is 52.0 Å². The number of ketones is 1. The van der Waals surface area contributed by atoms with Gasteiger partial charge in [0.25, 0.3) is 5.69 Å². The lowest BCUT2D eigenvalue weighted by Crippen LogP contribution is -2.43. The van der Waals surface area contributed by atoms with Gasteiger partial charge in [-0.1, -0.05) is 31.5 Å². The number of nitrogens with zero attached hydrogens (tertiary/aromatic N) is 1. The summed E-state index contributed by atoms with van der Waals surface area (Å²) in [5.41, 5.74) is 1.37. The second kappa shape index (κ2) is 9.97. The zero-order valence-corrected chi connectivity index (χ0v) is 20.4. The monoisotopic (exact) mass is 490 g/mol. The number of hydrogen-bond donors (Lipinski definition) is 1. The predicted molar refractivity (Wildman–Crippen MR) is 124 cm³/mol. The smallest absolute Gasteiger partial charge is 0.337 e. The average molecular weight is 491 g/mol.